The van der Waals surface area contributed by atoms with Crippen LogP contribution in [0, 0.1) is 17.7 Å². The van der Waals surface area contributed by atoms with Crippen molar-refractivity contribution >= 4 is 45.0 Å². The standard InChI is InChI=1S/C22H18BrClF4N2O2/c23-12-7-15-18(19(30-21(15)32)14-9-13(25)5-6-16(14)24)17(8-12)29-20(31)10-1-3-11(4-2-10)22(26,27)28/h5-11,19H,1-4H2,(H,29,31)(H,30,32). The van der Waals surface area contributed by atoms with Crippen molar-refractivity contribution < 1.29 is 27.2 Å². The highest BCUT2D eigenvalue weighted by atomic mass is 79.9. The zero-order valence-corrected chi connectivity index (χ0v) is 18.9. The molecule has 1 fully saturated rings. The van der Waals surface area contributed by atoms with Crippen LogP contribution >= 0.6 is 27.5 Å². The molecule has 2 N–H and O–H groups in total. The molecule has 1 aliphatic heterocycles. The zero-order valence-electron chi connectivity index (χ0n) is 16.5. The molecule has 0 radical (unpaired) electrons. The lowest BCUT2D eigenvalue weighted by Crippen LogP contribution is -2.32. The molecule has 4 nitrogen and oxygen atoms in total. The van der Waals surface area contributed by atoms with Crippen molar-refractivity contribution in [3.63, 3.8) is 0 Å². The molecular formula is C22H18BrClF4N2O2. The molecule has 10 heteroatoms. The van der Waals surface area contributed by atoms with Crippen LogP contribution < -0.4 is 10.6 Å². The number of hydrogen-bond donors (Lipinski definition) is 2. The third-order valence-corrected chi connectivity index (χ3v) is 6.84. The maximum Gasteiger partial charge on any atom is 0.391 e. The second kappa shape index (κ2) is 8.67. The van der Waals surface area contributed by atoms with Crippen molar-refractivity contribution in [1.82, 2.24) is 5.32 Å². The van der Waals surface area contributed by atoms with E-state index in [0.29, 0.717) is 26.9 Å². The molecule has 2 amide bonds. The summed E-state index contributed by atoms with van der Waals surface area (Å²) in [7, 11) is 0. The minimum absolute atomic E-state index is 0.0975. The van der Waals surface area contributed by atoms with Crippen molar-refractivity contribution in [3.8, 4) is 0 Å². The Balaban J connectivity index is 1.62. The number of hydrogen-bond acceptors (Lipinski definition) is 2. The van der Waals surface area contributed by atoms with Gasteiger partial charge in [0.2, 0.25) is 5.91 Å². The van der Waals surface area contributed by atoms with Gasteiger partial charge in [-0.25, -0.2) is 4.39 Å². The summed E-state index contributed by atoms with van der Waals surface area (Å²) in [5, 5.41) is 5.79. The van der Waals surface area contributed by atoms with E-state index in [1.165, 1.54) is 18.2 Å². The first-order valence-corrected chi connectivity index (χ1v) is 11.2. The van der Waals surface area contributed by atoms with Gasteiger partial charge in [0.25, 0.3) is 5.91 Å². The molecule has 0 saturated heterocycles. The lowest BCUT2D eigenvalue weighted by atomic mass is 9.81. The Morgan fingerprint density at radius 1 is 1.12 bits per heavy atom. The van der Waals surface area contributed by atoms with E-state index < -0.39 is 41.7 Å². The summed E-state index contributed by atoms with van der Waals surface area (Å²) in [4.78, 5) is 25.5. The minimum Gasteiger partial charge on any atom is -0.341 e. The third-order valence-electron chi connectivity index (χ3n) is 6.04. The lowest BCUT2D eigenvalue weighted by Gasteiger charge is -2.29. The van der Waals surface area contributed by atoms with Crippen LogP contribution in [0.15, 0.2) is 34.8 Å². The Bertz CT molecular complexity index is 1080. The molecule has 1 saturated carbocycles. The number of fused-ring (bicyclic) bond motifs is 1. The molecule has 1 aliphatic carbocycles. The third kappa shape index (κ3) is 4.50. The van der Waals surface area contributed by atoms with Gasteiger partial charge in [0.15, 0.2) is 0 Å². The van der Waals surface area contributed by atoms with E-state index >= 15 is 0 Å². The molecule has 0 spiro atoms. The van der Waals surface area contributed by atoms with Gasteiger partial charge in [-0.3, -0.25) is 9.59 Å². The van der Waals surface area contributed by atoms with Crippen molar-refractivity contribution in [1.29, 1.82) is 0 Å². The molecule has 170 valence electrons. The molecular weight excluding hydrogens is 516 g/mol. The maximum atomic E-state index is 13.9. The number of nitrogens with one attached hydrogen (secondary N) is 2. The SMILES string of the molecule is O=C1NC(c2cc(F)ccc2Cl)c2c(NC(=O)C3CCC(C(F)(F)F)CC3)cc(Br)cc21. The van der Waals surface area contributed by atoms with Crippen LogP contribution in [0.1, 0.15) is 53.2 Å². The molecule has 2 aliphatic rings. The first kappa shape index (κ1) is 23.0. The number of rotatable bonds is 3. The fourth-order valence-corrected chi connectivity index (χ4v) is 5.07. The maximum absolute atomic E-state index is 13.9. The number of carbonyl (C=O) groups excluding carboxylic acids is 2. The summed E-state index contributed by atoms with van der Waals surface area (Å²) in [6.07, 6.45) is -4.19. The Labute approximate surface area is 194 Å². The fourth-order valence-electron chi connectivity index (χ4n) is 4.39. The summed E-state index contributed by atoms with van der Waals surface area (Å²) in [6.45, 7) is 0. The summed E-state index contributed by atoms with van der Waals surface area (Å²) in [5.74, 6) is -3.30. The van der Waals surface area contributed by atoms with Crippen LogP contribution in [-0.2, 0) is 4.79 Å². The summed E-state index contributed by atoms with van der Waals surface area (Å²) in [6, 6.07) is 6.21. The number of carbonyl (C=O) groups is 2. The van der Waals surface area contributed by atoms with Crippen LogP contribution in [0.3, 0.4) is 0 Å². The Hall–Kier alpha value is -2.13. The van der Waals surface area contributed by atoms with Crippen molar-refractivity contribution in [2.45, 2.75) is 37.9 Å². The summed E-state index contributed by atoms with van der Waals surface area (Å²) < 4.78 is 53.2. The smallest absolute Gasteiger partial charge is 0.341 e. The summed E-state index contributed by atoms with van der Waals surface area (Å²) >= 11 is 9.56. The van der Waals surface area contributed by atoms with E-state index in [1.54, 1.807) is 12.1 Å². The van der Waals surface area contributed by atoms with E-state index in [1.807, 2.05) is 0 Å². The van der Waals surface area contributed by atoms with Crippen LogP contribution in [-0.4, -0.2) is 18.0 Å². The minimum atomic E-state index is -4.25. The average Bonchev–Trinajstić information content (AvgIpc) is 3.05. The van der Waals surface area contributed by atoms with Crippen LogP contribution in [0.5, 0.6) is 0 Å². The second-order valence-electron chi connectivity index (χ2n) is 8.07. The molecule has 0 bridgehead atoms. The van der Waals surface area contributed by atoms with E-state index in [4.69, 9.17) is 11.6 Å². The van der Waals surface area contributed by atoms with E-state index in [9.17, 15) is 27.2 Å². The van der Waals surface area contributed by atoms with Crippen LogP contribution in [0.2, 0.25) is 5.02 Å². The highest BCUT2D eigenvalue weighted by Gasteiger charge is 2.43. The van der Waals surface area contributed by atoms with Gasteiger partial charge in [-0.15, -0.1) is 0 Å². The van der Waals surface area contributed by atoms with Gasteiger partial charge in [0.1, 0.15) is 5.82 Å². The molecule has 1 heterocycles. The van der Waals surface area contributed by atoms with Crippen molar-refractivity contribution in [3.05, 3.63) is 62.3 Å². The average molecular weight is 534 g/mol. The fraction of sp³-hybridized carbons (Fsp3) is 0.364. The topological polar surface area (TPSA) is 58.2 Å². The van der Waals surface area contributed by atoms with Crippen molar-refractivity contribution in [2.75, 3.05) is 5.32 Å². The molecule has 4 rings (SSSR count). The number of amides is 2. The molecule has 2 aromatic carbocycles. The zero-order chi connectivity index (χ0) is 23.2. The predicted octanol–water partition coefficient (Wildman–Crippen LogP) is 6.38. The highest BCUT2D eigenvalue weighted by Crippen LogP contribution is 2.42. The van der Waals surface area contributed by atoms with Gasteiger partial charge in [-0.1, -0.05) is 27.5 Å². The second-order valence-corrected chi connectivity index (χ2v) is 9.39. The lowest BCUT2D eigenvalue weighted by molar-refractivity contribution is -0.184. The Kier molecular flexibility index (Phi) is 6.24. The molecule has 2 aromatic rings. The van der Waals surface area contributed by atoms with Gasteiger partial charge < -0.3 is 10.6 Å². The number of benzene rings is 2. The van der Waals surface area contributed by atoms with Gasteiger partial charge in [-0.05, 0) is 56.0 Å². The Morgan fingerprint density at radius 3 is 2.47 bits per heavy atom. The summed E-state index contributed by atoms with van der Waals surface area (Å²) in [5.41, 5.74) is 1.38. The monoisotopic (exact) mass is 532 g/mol. The normalized spacial score (nSPS) is 22.9. The van der Waals surface area contributed by atoms with Gasteiger partial charge in [-0.2, -0.15) is 13.2 Å². The quantitative estimate of drug-likeness (QED) is 0.450. The first-order chi connectivity index (χ1) is 15.0. The van der Waals surface area contributed by atoms with Gasteiger partial charge >= 0.3 is 6.18 Å². The largest absolute Gasteiger partial charge is 0.391 e. The van der Waals surface area contributed by atoms with E-state index in [-0.39, 0.29) is 30.7 Å². The molecule has 0 aromatic heterocycles. The highest BCUT2D eigenvalue weighted by molar-refractivity contribution is 9.10. The van der Waals surface area contributed by atoms with Gasteiger partial charge in [0, 0.05) is 37.8 Å². The number of alkyl halides is 3. The Morgan fingerprint density at radius 2 is 1.81 bits per heavy atom. The van der Waals surface area contributed by atoms with E-state index in [0.717, 1.165) is 0 Å². The van der Waals surface area contributed by atoms with Crippen LogP contribution in [0.25, 0.3) is 0 Å². The predicted molar refractivity (Wildman–Crippen MR) is 115 cm³/mol. The molecule has 1 unspecified atom stereocenters. The molecule has 1 atom stereocenters. The number of halogens is 6. The van der Waals surface area contributed by atoms with E-state index in [2.05, 4.69) is 26.6 Å². The molecule has 32 heavy (non-hydrogen) atoms. The first-order valence-electron chi connectivity index (χ1n) is 10.0. The number of anilines is 1. The van der Waals surface area contributed by atoms with Gasteiger partial charge in [0.05, 0.1) is 12.0 Å². The van der Waals surface area contributed by atoms with Crippen molar-refractivity contribution in [2.24, 2.45) is 11.8 Å². The van der Waals surface area contributed by atoms with Crippen LogP contribution in [0.4, 0.5) is 23.2 Å².